The van der Waals surface area contributed by atoms with Crippen LogP contribution in [0.1, 0.15) is 6.42 Å². The highest BCUT2D eigenvalue weighted by atomic mass is 79.9. The lowest BCUT2D eigenvalue weighted by Crippen LogP contribution is -2.37. The first kappa shape index (κ1) is 15.0. The van der Waals surface area contributed by atoms with Crippen LogP contribution < -0.4 is 15.8 Å². The monoisotopic (exact) mass is 355 g/mol. The van der Waals surface area contributed by atoms with Gasteiger partial charge in [0.1, 0.15) is 4.47 Å². The summed E-state index contributed by atoms with van der Waals surface area (Å²) in [6.45, 7) is 4.51. The average molecular weight is 356 g/mol. The van der Waals surface area contributed by atoms with E-state index in [1.165, 1.54) is 11.1 Å². The first-order valence-electron chi connectivity index (χ1n) is 7.45. The predicted molar refractivity (Wildman–Crippen MR) is 86.9 cm³/mol. The molecule has 0 radical (unpaired) electrons. The molecule has 1 N–H and O–H groups in total. The Hall–Kier alpha value is -0.920. The minimum Gasteiger partial charge on any atom is -0.365 e. The number of hydrogen-bond donors (Lipinski definition) is 1. The van der Waals surface area contributed by atoms with Gasteiger partial charge in [-0.1, -0.05) is 0 Å². The molecule has 7 heteroatoms. The number of likely N-dealkylation sites (N-methyl/N-ethyl adjacent to an activating group) is 1. The fourth-order valence-corrected chi connectivity index (χ4v) is 3.79. The number of fused-ring (bicyclic) bond motifs is 1. The maximum absolute atomic E-state index is 12.4. The van der Waals surface area contributed by atoms with E-state index >= 15 is 0 Å². The summed E-state index contributed by atoms with van der Waals surface area (Å²) in [7, 11) is 3.98. The zero-order valence-corrected chi connectivity index (χ0v) is 14.1. The molecule has 21 heavy (non-hydrogen) atoms. The molecule has 6 nitrogen and oxygen atoms in total. The molecule has 0 unspecified atom stereocenters. The molecule has 116 valence electrons. The third-order valence-electron chi connectivity index (χ3n) is 4.48. The Bertz CT molecular complexity index is 573. The largest absolute Gasteiger partial charge is 0.365 e. The van der Waals surface area contributed by atoms with Crippen molar-refractivity contribution < 1.29 is 0 Å². The van der Waals surface area contributed by atoms with Crippen molar-refractivity contribution in [1.82, 2.24) is 20.0 Å². The van der Waals surface area contributed by atoms with E-state index in [1.807, 2.05) is 25.2 Å². The Balaban J connectivity index is 1.84. The highest BCUT2D eigenvalue weighted by Crippen LogP contribution is 2.34. The van der Waals surface area contributed by atoms with Crippen molar-refractivity contribution in [2.24, 2.45) is 5.92 Å². The van der Waals surface area contributed by atoms with Crippen molar-refractivity contribution in [3.8, 4) is 0 Å². The Labute approximate surface area is 133 Å². The van der Waals surface area contributed by atoms with Crippen LogP contribution in [0.5, 0.6) is 0 Å². The molecule has 2 aliphatic rings. The molecule has 2 saturated heterocycles. The number of nitrogens with one attached hydrogen (secondary N) is 1. The lowest BCUT2D eigenvalue weighted by atomic mass is 10.1. The topological polar surface area (TPSA) is 53.4 Å². The molecule has 0 aromatic carbocycles. The van der Waals surface area contributed by atoms with E-state index in [1.54, 1.807) is 0 Å². The molecule has 0 saturated carbocycles. The Kier molecular flexibility index (Phi) is 4.33. The summed E-state index contributed by atoms with van der Waals surface area (Å²) >= 11 is 3.50. The molecule has 1 aromatic heterocycles. The van der Waals surface area contributed by atoms with Gasteiger partial charge in [0.15, 0.2) is 0 Å². The third-order valence-corrected chi connectivity index (χ3v) is 5.23. The number of anilines is 1. The number of hydrogen-bond acceptors (Lipinski definition) is 5. The summed E-state index contributed by atoms with van der Waals surface area (Å²) in [4.78, 5) is 16.8. The lowest BCUT2D eigenvalue weighted by molar-refractivity contribution is 0.367. The van der Waals surface area contributed by atoms with Crippen molar-refractivity contribution in [2.75, 3.05) is 45.2 Å². The summed E-state index contributed by atoms with van der Waals surface area (Å²) in [5.74, 6) is 0.702. The smallest absolute Gasteiger partial charge is 0.283 e. The zero-order chi connectivity index (χ0) is 15.0. The third kappa shape index (κ3) is 2.86. The maximum Gasteiger partial charge on any atom is 0.283 e. The Morgan fingerprint density at radius 1 is 1.48 bits per heavy atom. The molecule has 3 heterocycles. The second-order valence-electron chi connectivity index (χ2n) is 6.14. The van der Waals surface area contributed by atoms with Crippen molar-refractivity contribution in [1.29, 1.82) is 0 Å². The van der Waals surface area contributed by atoms with Crippen LogP contribution in [0.3, 0.4) is 0 Å². The summed E-state index contributed by atoms with van der Waals surface area (Å²) in [5.41, 5.74) is 0.904. The van der Waals surface area contributed by atoms with Gasteiger partial charge < -0.3 is 15.1 Å². The summed E-state index contributed by atoms with van der Waals surface area (Å²) < 4.78 is 2.18. The Morgan fingerprint density at radius 3 is 3.05 bits per heavy atom. The first-order valence-corrected chi connectivity index (χ1v) is 8.25. The summed E-state index contributed by atoms with van der Waals surface area (Å²) in [5, 5.41) is 7.79. The SMILES string of the molecule is CN(C)CCn1ncc(N2CC[C@H]3CNC[C@H]32)c(Br)c1=O. The minimum absolute atomic E-state index is 0.0382. The van der Waals surface area contributed by atoms with Gasteiger partial charge in [0.25, 0.3) is 5.56 Å². The molecule has 0 aliphatic carbocycles. The van der Waals surface area contributed by atoms with Crippen LogP contribution in [0.4, 0.5) is 5.69 Å². The van der Waals surface area contributed by atoms with Gasteiger partial charge in [-0.3, -0.25) is 4.79 Å². The van der Waals surface area contributed by atoms with E-state index in [0.717, 1.165) is 31.9 Å². The molecule has 2 fully saturated rings. The number of nitrogens with zero attached hydrogens (tertiary/aromatic N) is 4. The van der Waals surface area contributed by atoms with Gasteiger partial charge in [-0.05, 0) is 42.4 Å². The highest BCUT2D eigenvalue weighted by molar-refractivity contribution is 9.10. The van der Waals surface area contributed by atoms with Gasteiger partial charge in [0, 0.05) is 32.2 Å². The van der Waals surface area contributed by atoms with Gasteiger partial charge in [0.05, 0.1) is 18.4 Å². The van der Waals surface area contributed by atoms with Crippen molar-refractivity contribution in [3.63, 3.8) is 0 Å². The molecule has 0 bridgehead atoms. The second kappa shape index (κ2) is 6.06. The van der Waals surface area contributed by atoms with Gasteiger partial charge in [0.2, 0.25) is 0 Å². The van der Waals surface area contributed by atoms with Crippen LogP contribution in [0.15, 0.2) is 15.5 Å². The molecule has 2 atom stereocenters. The standard InChI is InChI=1S/C14H22BrN5O/c1-18(2)5-6-20-14(21)13(15)12(9-17-20)19-4-3-10-7-16-8-11(10)19/h9-11,16H,3-8H2,1-2H3/t10-,11+/m0/s1. The number of rotatable bonds is 4. The van der Waals surface area contributed by atoms with Gasteiger partial charge >= 0.3 is 0 Å². The zero-order valence-electron chi connectivity index (χ0n) is 12.5. The average Bonchev–Trinajstić information content (AvgIpc) is 3.04. The molecule has 0 spiro atoms. The molecular formula is C14H22BrN5O. The number of halogens is 1. The summed E-state index contributed by atoms with van der Waals surface area (Å²) in [6.07, 6.45) is 3.02. The van der Waals surface area contributed by atoms with E-state index < -0.39 is 0 Å². The van der Waals surface area contributed by atoms with Crippen LogP contribution >= 0.6 is 15.9 Å². The van der Waals surface area contributed by atoms with Crippen molar-refractivity contribution >= 4 is 21.6 Å². The fourth-order valence-electron chi connectivity index (χ4n) is 3.26. The summed E-state index contributed by atoms with van der Waals surface area (Å²) in [6, 6.07) is 0.500. The van der Waals surface area contributed by atoms with Crippen molar-refractivity contribution in [2.45, 2.75) is 19.0 Å². The van der Waals surface area contributed by atoms with Crippen LogP contribution in [-0.2, 0) is 6.54 Å². The molecular weight excluding hydrogens is 334 g/mol. The fraction of sp³-hybridized carbons (Fsp3) is 0.714. The van der Waals surface area contributed by atoms with E-state index in [-0.39, 0.29) is 5.56 Å². The minimum atomic E-state index is -0.0382. The van der Waals surface area contributed by atoms with E-state index in [4.69, 9.17) is 0 Å². The Morgan fingerprint density at radius 2 is 2.29 bits per heavy atom. The predicted octanol–water partition coefficient (Wildman–Crippen LogP) is 0.366. The lowest BCUT2D eigenvalue weighted by Gasteiger charge is -2.26. The van der Waals surface area contributed by atoms with Crippen molar-refractivity contribution in [3.05, 3.63) is 21.0 Å². The van der Waals surface area contributed by atoms with Gasteiger partial charge in [-0.25, -0.2) is 4.68 Å². The maximum atomic E-state index is 12.4. The second-order valence-corrected chi connectivity index (χ2v) is 6.94. The molecule has 2 aliphatic heterocycles. The van der Waals surface area contributed by atoms with Crippen LogP contribution in [0.25, 0.3) is 0 Å². The van der Waals surface area contributed by atoms with E-state index in [2.05, 4.69) is 31.2 Å². The van der Waals surface area contributed by atoms with Crippen LogP contribution in [0.2, 0.25) is 0 Å². The highest BCUT2D eigenvalue weighted by Gasteiger charge is 2.38. The quantitative estimate of drug-likeness (QED) is 0.845. The van der Waals surface area contributed by atoms with Crippen LogP contribution in [-0.4, -0.2) is 61.0 Å². The molecule has 0 amide bonds. The molecule has 3 rings (SSSR count). The van der Waals surface area contributed by atoms with Gasteiger partial charge in [-0.2, -0.15) is 5.10 Å². The number of aromatic nitrogens is 2. The molecule has 1 aromatic rings. The normalized spacial score (nSPS) is 24.9. The first-order chi connectivity index (χ1) is 10.1. The van der Waals surface area contributed by atoms with Gasteiger partial charge in [-0.15, -0.1) is 0 Å². The van der Waals surface area contributed by atoms with Crippen LogP contribution in [0, 0.1) is 5.92 Å². The van der Waals surface area contributed by atoms with E-state index in [9.17, 15) is 4.79 Å². The van der Waals surface area contributed by atoms with E-state index in [0.29, 0.717) is 23.0 Å².